The van der Waals surface area contributed by atoms with Crippen molar-refractivity contribution in [2.24, 2.45) is 0 Å². The van der Waals surface area contributed by atoms with Gasteiger partial charge in [0.05, 0.1) is 11.2 Å². The van der Waals surface area contributed by atoms with E-state index in [4.69, 9.17) is 11.6 Å². The second kappa shape index (κ2) is 7.38. The molecule has 0 radical (unpaired) electrons. The molecule has 1 saturated carbocycles. The van der Waals surface area contributed by atoms with Crippen LogP contribution in [0, 0.1) is 0 Å². The first-order valence-electron chi connectivity index (χ1n) is 9.02. The number of urea groups is 1. The van der Waals surface area contributed by atoms with Gasteiger partial charge in [0.2, 0.25) is 0 Å². The first-order chi connectivity index (χ1) is 12.7. The maximum absolute atomic E-state index is 12.6. The molecule has 0 spiro atoms. The summed E-state index contributed by atoms with van der Waals surface area (Å²) in [5.41, 5.74) is 1.67. The third-order valence-electron chi connectivity index (χ3n) is 4.82. The molecule has 1 heterocycles. The lowest BCUT2D eigenvalue weighted by molar-refractivity contribution is 0.244. The van der Waals surface area contributed by atoms with Crippen LogP contribution in [0.15, 0.2) is 48.5 Å². The number of anilines is 1. The van der Waals surface area contributed by atoms with Crippen molar-refractivity contribution in [1.82, 2.24) is 15.1 Å². The molecule has 1 aliphatic carbocycles. The summed E-state index contributed by atoms with van der Waals surface area (Å²) in [5.74, 6) is 0.663. The molecule has 5 nitrogen and oxygen atoms in total. The van der Waals surface area contributed by atoms with Crippen LogP contribution in [0.25, 0.3) is 16.6 Å². The Balaban J connectivity index is 1.65. The monoisotopic (exact) mass is 368 g/mol. The van der Waals surface area contributed by atoms with Gasteiger partial charge in [-0.15, -0.1) is 0 Å². The third kappa shape index (κ3) is 3.53. The zero-order chi connectivity index (χ0) is 17.9. The van der Waals surface area contributed by atoms with E-state index in [0.29, 0.717) is 10.8 Å². The van der Waals surface area contributed by atoms with Crippen molar-refractivity contribution in [3.8, 4) is 5.69 Å². The number of nitrogens with zero attached hydrogens (tertiary/aromatic N) is 2. The first kappa shape index (κ1) is 16.9. The minimum Gasteiger partial charge on any atom is -0.335 e. The van der Waals surface area contributed by atoms with Gasteiger partial charge in [-0.25, -0.2) is 9.48 Å². The van der Waals surface area contributed by atoms with Crippen molar-refractivity contribution in [2.75, 3.05) is 5.32 Å². The molecule has 1 aliphatic rings. The molecular weight excluding hydrogens is 348 g/mol. The van der Waals surface area contributed by atoms with E-state index in [9.17, 15) is 4.79 Å². The zero-order valence-electron chi connectivity index (χ0n) is 14.4. The van der Waals surface area contributed by atoms with Crippen LogP contribution in [-0.4, -0.2) is 21.9 Å². The predicted molar refractivity (Wildman–Crippen MR) is 105 cm³/mol. The van der Waals surface area contributed by atoms with Gasteiger partial charge in [-0.1, -0.05) is 43.0 Å². The Morgan fingerprint density at radius 2 is 1.77 bits per heavy atom. The quantitative estimate of drug-likeness (QED) is 0.673. The van der Waals surface area contributed by atoms with Gasteiger partial charge in [0.25, 0.3) is 0 Å². The molecule has 6 heteroatoms. The highest BCUT2D eigenvalue weighted by Gasteiger charge is 2.19. The normalized spacial score (nSPS) is 15.1. The molecule has 4 rings (SSSR count). The highest BCUT2D eigenvalue weighted by molar-refractivity contribution is 6.30. The van der Waals surface area contributed by atoms with E-state index in [1.165, 1.54) is 19.3 Å². The highest BCUT2D eigenvalue weighted by Crippen LogP contribution is 2.27. The van der Waals surface area contributed by atoms with E-state index >= 15 is 0 Å². The van der Waals surface area contributed by atoms with Crippen molar-refractivity contribution < 1.29 is 4.79 Å². The summed E-state index contributed by atoms with van der Waals surface area (Å²) < 4.78 is 1.75. The largest absolute Gasteiger partial charge is 0.335 e. The second-order valence-corrected chi connectivity index (χ2v) is 7.12. The van der Waals surface area contributed by atoms with E-state index in [2.05, 4.69) is 15.7 Å². The Morgan fingerprint density at radius 3 is 2.54 bits per heavy atom. The molecule has 134 valence electrons. The van der Waals surface area contributed by atoms with E-state index in [-0.39, 0.29) is 12.1 Å². The summed E-state index contributed by atoms with van der Waals surface area (Å²) in [6, 6.07) is 15.3. The molecular formula is C20H21ClN4O. The lowest BCUT2D eigenvalue weighted by Gasteiger charge is -2.23. The van der Waals surface area contributed by atoms with Crippen LogP contribution in [0.3, 0.4) is 0 Å². The standard InChI is InChI=1S/C20H21ClN4O/c21-14-10-12-16(13-11-14)25-19(17-8-4-5-9-18(17)24-25)23-20(26)22-15-6-2-1-3-7-15/h4-5,8-13,15H,1-3,6-7H2,(H2,22,23,26). The summed E-state index contributed by atoms with van der Waals surface area (Å²) in [5, 5.41) is 12.3. The number of hydrogen-bond donors (Lipinski definition) is 2. The van der Waals surface area contributed by atoms with Crippen LogP contribution < -0.4 is 10.6 Å². The maximum atomic E-state index is 12.6. The second-order valence-electron chi connectivity index (χ2n) is 6.69. The molecule has 0 unspecified atom stereocenters. The van der Waals surface area contributed by atoms with Gasteiger partial charge >= 0.3 is 6.03 Å². The molecule has 3 aromatic rings. The number of rotatable bonds is 3. The average Bonchev–Trinajstić information content (AvgIpc) is 3.02. The highest BCUT2D eigenvalue weighted by atomic mass is 35.5. The Kier molecular flexibility index (Phi) is 4.80. The summed E-state index contributed by atoms with van der Waals surface area (Å²) >= 11 is 6.00. The van der Waals surface area contributed by atoms with Crippen LogP contribution in [-0.2, 0) is 0 Å². The number of hydrogen-bond acceptors (Lipinski definition) is 2. The molecule has 0 saturated heterocycles. The van der Waals surface area contributed by atoms with Crippen molar-refractivity contribution in [3.05, 3.63) is 53.6 Å². The molecule has 2 aromatic carbocycles. The fourth-order valence-corrected chi connectivity index (χ4v) is 3.62. The number of fused-ring (bicyclic) bond motifs is 1. The van der Waals surface area contributed by atoms with Gasteiger partial charge in [-0.3, -0.25) is 5.32 Å². The van der Waals surface area contributed by atoms with Crippen molar-refractivity contribution in [3.63, 3.8) is 0 Å². The Hall–Kier alpha value is -2.53. The molecule has 0 aliphatic heterocycles. The molecule has 1 fully saturated rings. The summed E-state index contributed by atoms with van der Waals surface area (Å²) in [7, 11) is 0. The van der Waals surface area contributed by atoms with Crippen LogP contribution in [0.5, 0.6) is 0 Å². The smallest absolute Gasteiger partial charge is 0.320 e. The van der Waals surface area contributed by atoms with Crippen molar-refractivity contribution in [1.29, 1.82) is 0 Å². The van der Waals surface area contributed by atoms with Crippen LogP contribution >= 0.6 is 11.6 Å². The number of amides is 2. The molecule has 0 bridgehead atoms. The fourth-order valence-electron chi connectivity index (χ4n) is 3.50. The SMILES string of the molecule is O=C(Nc1c2ccccc2nn1-c1ccc(Cl)cc1)NC1CCCCC1. The van der Waals surface area contributed by atoms with Crippen molar-refractivity contribution in [2.45, 2.75) is 38.1 Å². The van der Waals surface area contributed by atoms with E-state index in [1.807, 2.05) is 48.5 Å². The van der Waals surface area contributed by atoms with Crippen LogP contribution in [0.1, 0.15) is 32.1 Å². The minimum absolute atomic E-state index is 0.183. The lowest BCUT2D eigenvalue weighted by atomic mass is 9.96. The van der Waals surface area contributed by atoms with Gasteiger partial charge in [0, 0.05) is 16.5 Å². The summed E-state index contributed by atoms with van der Waals surface area (Å²) in [4.78, 5) is 12.6. The minimum atomic E-state index is -0.183. The molecule has 2 N–H and O–H groups in total. The zero-order valence-corrected chi connectivity index (χ0v) is 15.2. The maximum Gasteiger partial charge on any atom is 0.320 e. The summed E-state index contributed by atoms with van der Waals surface area (Å²) in [6.07, 6.45) is 5.70. The van der Waals surface area contributed by atoms with E-state index in [1.54, 1.807) is 4.68 Å². The van der Waals surface area contributed by atoms with Crippen LogP contribution in [0.4, 0.5) is 10.6 Å². The molecule has 26 heavy (non-hydrogen) atoms. The number of aromatic nitrogens is 2. The van der Waals surface area contributed by atoms with Gasteiger partial charge < -0.3 is 5.32 Å². The molecule has 2 amide bonds. The van der Waals surface area contributed by atoms with Gasteiger partial charge in [-0.05, 0) is 49.2 Å². The lowest BCUT2D eigenvalue weighted by Crippen LogP contribution is -2.39. The van der Waals surface area contributed by atoms with Gasteiger partial charge in [-0.2, -0.15) is 5.10 Å². The Bertz CT molecular complexity index is 913. The van der Waals surface area contributed by atoms with Crippen LogP contribution in [0.2, 0.25) is 5.02 Å². The topological polar surface area (TPSA) is 59.0 Å². The van der Waals surface area contributed by atoms with Gasteiger partial charge in [0.15, 0.2) is 0 Å². The Morgan fingerprint density at radius 1 is 1.04 bits per heavy atom. The third-order valence-corrected chi connectivity index (χ3v) is 5.07. The molecule has 0 atom stereocenters. The molecule has 1 aromatic heterocycles. The number of nitrogens with one attached hydrogen (secondary N) is 2. The number of carbonyl (C=O) groups excluding carboxylic acids is 1. The van der Waals surface area contributed by atoms with Crippen molar-refractivity contribution >= 4 is 34.4 Å². The number of benzene rings is 2. The first-order valence-corrected chi connectivity index (χ1v) is 9.40. The number of halogens is 1. The number of carbonyl (C=O) groups is 1. The average molecular weight is 369 g/mol. The van der Waals surface area contributed by atoms with Gasteiger partial charge in [0.1, 0.15) is 5.82 Å². The summed E-state index contributed by atoms with van der Waals surface area (Å²) in [6.45, 7) is 0. The fraction of sp³-hybridized carbons (Fsp3) is 0.300. The van der Waals surface area contributed by atoms with E-state index < -0.39 is 0 Å². The predicted octanol–water partition coefficient (Wildman–Crippen LogP) is 5.13. The van der Waals surface area contributed by atoms with E-state index in [0.717, 1.165) is 29.4 Å². The Labute approximate surface area is 157 Å².